The fraction of sp³-hybridized carbons (Fsp3) is 0.312. The summed E-state index contributed by atoms with van der Waals surface area (Å²) in [4.78, 5) is 6.97. The van der Waals surface area contributed by atoms with Gasteiger partial charge in [-0.05, 0) is 32.0 Å². The van der Waals surface area contributed by atoms with Crippen molar-refractivity contribution in [3.8, 4) is 0 Å². The molecule has 0 aliphatic heterocycles. The highest BCUT2D eigenvalue weighted by Crippen LogP contribution is 2.14. The molecule has 0 amide bonds. The molecule has 120 valence electrons. The zero-order valence-electron chi connectivity index (χ0n) is 12.7. The molecule has 0 unspecified atom stereocenters. The second-order valence-corrected chi connectivity index (χ2v) is 6.02. The van der Waals surface area contributed by atoms with Crippen molar-refractivity contribution in [1.29, 1.82) is 0 Å². The molecule has 6 heteroatoms. The molecule has 0 fully saturated rings. The van der Waals surface area contributed by atoms with Crippen molar-refractivity contribution in [3.63, 3.8) is 0 Å². The topological polar surface area (TPSA) is 36.4 Å². The van der Waals surface area contributed by atoms with E-state index in [2.05, 4.69) is 34.7 Å². The summed E-state index contributed by atoms with van der Waals surface area (Å²) in [6, 6.07) is 10.9. The Kier molecular flexibility index (Phi) is 8.40. The zero-order valence-corrected chi connectivity index (χ0v) is 15.9. The number of hydrogen-bond acceptors (Lipinski definition) is 2. The van der Waals surface area contributed by atoms with Gasteiger partial charge in [0.2, 0.25) is 0 Å². The Hall–Kier alpha value is -1.15. The Morgan fingerprint density at radius 3 is 2.59 bits per heavy atom. The van der Waals surface area contributed by atoms with Gasteiger partial charge in [0.25, 0.3) is 0 Å². The summed E-state index contributed by atoms with van der Waals surface area (Å²) in [5, 5.41) is 6.44. The van der Waals surface area contributed by atoms with Gasteiger partial charge in [0.15, 0.2) is 5.96 Å². The molecule has 2 rings (SSSR count). The third-order valence-corrected chi connectivity index (χ3v) is 3.94. The molecular formula is C16H21FIN3S. The summed E-state index contributed by atoms with van der Waals surface area (Å²) >= 11 is 1.76. The summed E-state index contributed by atoms with van der Waals surface area (Å²) in [7, 11) is 0. The summed E-state index contributed by atoms with van der Waals surface area (Å²) in [5.41, 5.74) is 0.599. The van der Waals surface area contributed by atoms with Crippen molar-refractivity contribution >= 4 is 41.3 Å². The number of aryl methyl sites for hydroxylation is 1. The molecule has 0 radical (unpaired) electrons. The van der Waals surface area contributed by atoms with Crippen molar-refractivity contribution in [3.05, 3.63) is 57.5 Å². The summed E-state index contributed by atoms with van der Waals surface area (Å²) < 4.78 is 13.6. The average molecular weight is 433 g/mol. The average Bonchev–Trinajstić information content (AvgIpc) is 2.89. The van der Waals surface area contributed by atoms with E-state index >= 15 is 0 Å². The minimum Gasteiger partial charge on any atom is -0.357 e. The number of nitrogens with one attached hydrogen (secondary N) is 2. The maximum absolute atomic E-state index is 13.6. The number of nitrogens with zero attached hydrogens (tertiary/aromatic N) is 1. The lowest BCUT2D eigenvalue weighted by Gasteiger charge is -2.10. The first kappa shape index (κ1) is 18.9. The summed E-state index contributed by atoms with van der Waals surface area (Å²) in [6.45, 7) is 5.92. The van der Waals surface area contributed by atoms with E-state index < -0.39 is 0 Å². The van der Waals surface area contributed by atoms with Gasteiger partial charge in [-0.15, -0.1) is 35.3 Å². The van der Waals surface area contributed by atoms with Crippen molar-refractivity contribution in [2.75, 3.05) is 6.54 Å². The predicted octanol–water partition coefficient (Wildman–Crippen LogP) is 4.07. The molecule has 2 N–H and O–H groups in total. The monoisotopic (exact) mass is 433 g/mol. The van der Waals surface area contributed by atoms with Crippen LogP contribution in [0.5, 0.6) is 0 Å². The van der Waals surface area contributed by atoms with Crippen LogP contribution in [0.4, 0.5) is 4.39 Å². The Labute approximate surface area is 152 Å². The maximum atomic E-state index is 13.6. The zero-order chi connectivity index (χ0) is 15.1. The molecule has 0 saturated carbocycles. The minimum atomic E-state index is -0.217. The lowest BCUT2D eigenvalue weighted by Crippen LogP contribution is -2.36. The van der Waals surface area contributed by atoms with Gasteiger partial charge in [0.1, 0.15) is 5.82 Å². The van der Waals surface area contributed by atoms with Gasteiger partial charge < -0.3 is 10.6 Å². The Morgan fingerprint density at radius 2 is 1.95 bits per heavy atom. The van der Waals surface area contributed by atoms with Crippen LogP contribution in [0.15, 0.2) is 41.4 Å². The molecule has 0 bridgehead atoms. The fourth-order valence-electron chi connectivity index (χ4n) is 1.88. The van der Waals surface area contributed by atoms with E-state index in [1.807, 2.05) is 13.0 Å². The summed E-state index contributed by atoms with van der Waals surface area (Å²) in [5.74, 6) is 0.484. The van der Waals surface area contributed by atoms with Crippen LogP contribution in [0.2, 0.25) is 0 Å². The molecular weight excluding hydrogens is 412 g/mol. The van der Waals surface area contributed by atoms with E-state index in [1.165, 1.54) is 15.8 Å². The number of halogens is 2. The van der Waals surface area contributed by atoms with Gasteiger partial charge in [-0.3, -0.25) is 0 Å². The Balaban J connectivity index is 0.00000242. The highest BCUT2D eigenvalue weighted by atomic mass is 127. The van der Waals surface area contributed by atoms with Gasteiger partial charge in [0.05, 0.1) is 13.1 Å². The molecule has 0 aliphatic carbocycles. The molecule has 1 heterocycles. The number of benzene rings is 1. The molecule has 0 saturated heterocycles. The third kappa shape index (κ3) is 5.92. The summed E-state index contributed by atoms with van der Waals surface area (Å²) in [6.07, 6.45) is 0. The van der Waals surface area contributed by atoms with E-state index in [0.717, 1.165) is 13.1 Å². The Morgan fingerprint density at radius 1 is 1.18 bits per heavy atom. The first-order chi connectivity index (χ1) is 10.2. The van der Waals surface area contributed by atoms with Crippen molar-refractivity contribution in [2.45, 2.75) is 26.9 Å². The number of aliphatic imine (C=N–C) groups is 1. The lowest BCUT2D eigenvalue weighted by molar-refractivity contribution is 0.610. The van der Waals surface area contributed by atoms with Gasteiger partial charge >= 0.3 is 0 Å². The van der Waals surface area contributed by atoms with E-state index in [-0.39, 0.29) is 29.8 Å². The van der Waals surface area contributed by atoms with Crippen LogP contribution < -0.4 is 10.6 Å². The SMILES string of the molecule is CCNC(=NCc1ccccc1F)NCc1ccc(C)s1.I. The smallest absolute Gasteiger partial charge is 0.191 e. The van der Waals surface area contributed by atoms with Gasteiger partial charge in [-0.2, -0.15) is 0 Å². The van der Waals surface area contributed by atoms with Crippen LogP contribution in [0.1, 0.15) is 22.2 Å². The molecule has 3 nitrogen and oxygen atoms in total. The molecule has 1 aromatic carbocycles. The minimum absolute atomic E-state index is 0. The second-order valence-electron chi connectivity index (χ2n) is 4.65. The largest absolute Gasteiger partial charge is 0.357 e. The fourth-order valence-corrected chi connectivity index (χ4v) is 2.71. The molecule has 0 aliphatic rings. The Bertz CT molecular complexity index is 613. The van der Waals surface area contributed by atoms with Crippen molar-refractivity contribution in [2.24, 2.45) is 4.99 Å². The molecule has 1 aromatic heterocycles. The van der Waals surface area contributed by atoms with Crippen molar-refractivity contribution in [1.82, 2.24) is 10.6 Å². The number of rotatable bonds is 5. The van der Waals surface area contributed by atoms with Crippen LogP contribution in [0, 0.1) is 12.7 Å². The molecule has 0 atom stereocenters. The standard InChI is InChI=1S/C16H20FN3S.HI/c1-3-18-16(20-11-14-9-8-12(2)21-14)19-10-13-6-4-5-7-15(13)17;/h4-9H,3,10-11H2,1-2H3,(H2,18,19,20);1H. The first-order valence-electron chi connectivity index (χ1n) is 7.00. The van der Waals surface area contributed by atoms with Crippen molar-refractivity contribution < 1.29 is 4.39 Å². The number of thiophene rings is 1. The lowest BCUT2D eigenvalue weighted by atomic mass is 10.2. The third-order valence-electron chi connectivity index (χ3n) is 2.94. The van der Waals surface area contributed by atoms with Crippen LogP contribution in [-0.2, 0) is 13.1 Å². The van der Waals surface area contributed by atoms with Gasteiger partial charge in [-0.1, -0.05) is 18.2 Å². The van der Waals surface area contributed by atoms with Crippen LogP contribution in [0.25, 0.3) is 0 Å². The number of guanidine groups is 1. The highest BCUT2D eigenvalue weighted by Gasteiger charge is 2.02. The maximum Gasteiger partial charge on any atom is 0.191 e. The molecule has 0 spiro atoms. The van der Waals surface area contributed by atoms with Crippen LogP contribution >= 0.6 is 35.3 Å². The normalized spacial score (nSPS) is 11.0. The van der Waals surface area contributed by atoms with Crippen LogP contribution in [0.3, 0.4) is 0 Å². The van der Waals surface area contributed by atoms with E-state index in [9.17, 15) is 4.39 Å². The second kappa shape index (κ2) is 9.78. The number of hydrogen-bond donors (Lipinski definition) is 2. The van der Waals surface area contributed by atoms with Gasteiger partial charge in [0, 0.05) is 21.9 Å². The van der Waals surface area contributed by atoms with Crippen LogP contribution in [-0.4, -0.2) is 12.5 Å². The van der Waals surface area contributed by atoms with E-state index in [0.29, 0.717) is 18.1 Å². The highest BCUT2D eigenvalue weighted by molar-refractivity contribution is 14.0. The molecule has 2 aromatic rings. The van der Waals surface area contributed by atoms with E-state index in [4.69, 9.17) is 0 Å². The van der Waals surface area contributed by atoms with E-state index in [1.54, 1.807) is 23.5 Å². The quantitative estimate of drug-likeness (QED) is 0.424. The van der Waals surface area contributed by atoms with Gasteiger partial charge in [-0.25, -0.2) is 9.38 Å². The predicted molar refractivity (Wildman–Crippen MR) is 103 cm³/mol. The molecule has 22 heavy (non-hydrogen) atoms. The first-order valence-corrected chi connectivity index (χ1v) is 7.81.